The van der Waals surface area contributed by atoms with Crippen LogP contribution in [0.4, 0.5) is 0 Å². The number of hydrogen-bond acceptors (Lipinski definition) is 4. The smallest absolute Gasteiger partial charge is 0.325 e. The summed E-state index contributed by atoms with van der Waals surface area (Å²) in [5.41, 5.74) is 0.299. The lowest BCUT2D eigenvalue weighted by Crippen LogP contribution is -2.51. The van der Waals surface area contributed by atoms with Gasteiger partial charge in [-0.1, -0.05) is 6.92 Å². The van der Waals surface area contributed by atoms with Crippen LogP contribution in [-0.4, -0.2) is 34.9 Å². The molecule has 2 atom stereocenters. The first-order valence-electron chi connectivity index (χ1n) is 6.28. The summed E-state index contributed by atoms with van der Waals surface area (Å²) < 4.78 is 6.76. The zero-order valence-electron chi connectivity index (χ0n) is 11.9. The van der Waals surface area contributed by atoms with Crippen molar-refractivity contribution in [2.24, 2.45) is 0 Å². The molecule has 0 aromatic carbocycles. The predicted octanol–water partition coefficient (Wildman–Crippen LogP) is 1.68. The fraction of sp³-hybridized carbons (Fsp3) is 0.692. The van der Waals surface area contributed by atoms with E-state index in [0.717, 1.165) is 12.2 Å². The number of aryl methyl sites for hydroxylation is 1. The first-order chi connectivity index (χ1) is 8.42. The van der Waals surface area contributed by atoms with Crippen LogP contribution in [-0.2, 0) is 9.53 Å². The quantitative estimate of drug-likeness (QED) is 0.784. The second-order valence-corrected chi connectivity index (χ2v) is 4.84. The summed E-state index contributed by atoms with van der Waals surface area (Å²) in [7, 11) is 1.42. The summed E-state index contributed by atoms with van der Waals surface area (Å²) in [5.74, 6) is -0.236. The minimum Gasteiger partial charge on any atom is -0.468 e. The highest BCUT2D eigenvalue weighted by Gasteiger charge is 2.35. The second kappa shape index (κ2) is 6.00. The van der Waals surface area contributed by atoms with Crippen LogP contribution in [0.15, 0.2) is 12.3 Å². The molecule has 1 aromatic rings. The Labute approximate surface area is 109 Å². The van der Waals surface area contributed by atoms with Crippen molar-refractivity contribution in [2.45, 2.75) is 45.7 Å². The van der Waals surface area contributed by atoms with Gasteiger partial charge < -0.3 is 10.1 Å². The van der Waals surface area contributed by atoms with Crippen molar-refractivity contribution >= 4 is 5.97 Å². The van der Waals surface area contributed by atoms with Crippen LogP contribution in [0.2, 0.25) is 0 Å². The van der Waals surface area contributed by atoms with Gasteiger partial charge in [-0.15, -0.1) is 0 Å². The summed E-state index contributed by atoms with van der Waals surface area (Å²) in [6.07, 6.45) is 2.57. The molecule has 18 heavy (non-hydrogen) atoms. The van der Waals surface area contributed by atoms with Crippen LogP contribution in [0.1, 0.15) is 38.9 Å². The fourth-order valence-electron chi connectivity index (χ4n) is 2.21. The van der Waals surface area contributed by atoms with E-state index in [1.165, 1.54) is 7.11 Å². The van der Waals surface area contributed by atoms with E-state index < -0.39 is 5.54 Å². The number of ether oxygens (including phenoxy) is 1. The van der Waals surface area contributed by atoms with E-state index in [9.17, 15) is 4.79 Å². The highest BCUT2D eigenvalue weighted by atomic mass is 16.5. The monoisotopic (exact) mass is 253 g/mol. The van der Waals surface area contributed by atoms with Gasteiger partial charge >= 0.3 is 5.97 Å². The van der Waals surface area contributed by atoms with E-state index in [4.69, 9.17) is 4.74 Å². The first-order valence-corrected chi connectivity index (χ1v) is 6.28. The maximum absolute atomic E-state index is 11.9. The van der Waals surface area contributed by atoms with Gasteiger partial charge in [0.05, 0.1) is 18.8 Å². The molecule has 0 aliphatic carbocycles. The number of methoxy groups -OCH3 is 1. The standard InChI is InChI=1S/C13H23N3O2/c1-6-14-13(4,12(17)18-5)9-11(3)16-8-7-10(2)15-16/h7-8,11,14H,6,9H2,1-5H3. The Morgan fingerprint density at radius 1 is 1.67 bits per heavy atom. The third kappa shape index (κ3) is 3.32. The molecule has 0 bridgehead atoms. The summed E-state index contributed by atoms with van der Waals surface area (Å²) in [5, 5.41) is 7.58. The SMILES string of the molecule is CCNC(C)(CC(C)n1ccc(C)n1)C(=O)OC. The van der Waals surface area contributed by atoms with Crippen molar-refractivity contribution in [3.05, 3.63) is 18.0 Å². The van der Waals surface area contributed by atoms with Gasteiger partial charge in [0.25, 0.3) is 0 Å². The lowest BCUT2D eigenvalue weighted by molar-refractivity contribution is -0.148. The molecular weight excluding hydrogens is 230 g/mol. The third-order valence-electron chi connectivity index (χ3n) is 3.10. The Morgan fingerprint density at radius 3 is 2.78 bits per heavy atom. The highest BCUT2D eigenvalue weighted by Crippen LogP contribution is 2.21. The number of carbonyl (C=O) groups excluding carboxylic acids is 1. The van der Waals surface area contributed by atoms with Crippen LogP contribution in [0, 0.1) is 6.92 Å². The Kier molecular flexibility index (Phi) is 4.90. The number of hydrogen-bond donors (Lipinski definition) is 1. The second-order valence-electron chi connectivity index (χ2n) is 4.84. The van der Waals surface area contributed by atoms with Crippen LogP contribution in [0.3, 0.4) is 0 Å². The molecule has 0 radical (unpaired) electrons. The van der Waals surface area contributed by atoms with E-state index >= 15 is 0 Å². The number of nitrogens with one attached hydrogen (secondary N) is 1. The molecule has 0 saturated heterocycles. The zero-order valence-corrected chi connectivity index (χ0v) is 11.9. The van der Waals surface area contributed by atoms with Crippen LogP contribution < -0.4 is 5.32 Å². The van der Waals surface area contributed by atoms with Crippen LogP contribution in [0.25, 0.3) is 0 Å². The number of esters is 1. The number of nitrogens with zero attached hydrogens (tertiary/aromatic N) is 2. The molecular formula is C13H23N3O2. The summed E-state index contributed by atoms with van der Waals surface area (Å²) >= 11 is 0. The molecule has 0 saturated carbocycles. The van der Waals surface area contributed by atoms with Crippen molar-refractivity contribution in [3.63, 3.8) is 0 Å². The van der Waals surface area contributed by atoms with Gasteiger partial charge in [0, 0.05) is 6.20 Å². The Bertz CT molecular complexity index is 403. The molecule has 1 N–H and O–H groups in total. The molecule has 0 spiro atoms. The lowest BCUT2D eigenvalue weighted by Gasteiger charge is -2.30. The number of likely N-dealkylation sites (N-methyl/N-ethyl adjacent to an activating group) is 1. The van der Waals surface area contributed by atoms with E-state index in [2.05, 4.69) is 10.4 Å². The highest BCUT2D eigenvalue weighted by molar-refractivity contribution is 5.80. The molecule has 2 unspecified atom stereocenters. The van der Waals surface area contributed by atoms with Gasteiger partial charge in [0.1, 0.15) is 5.54 Å². The van der Waals surface area contributed by atoms with Gasteiger partial charge in [0.2, 0.25) is 0 Å². The van der Waals surface area contributed by atoms with Crippen LogP contribution >= 0.6 is 0 Å². The Hall–Kier alpha value is -1.36. The first kappa shape index (κ1) is 14.7. The van der Waals surface area contributed by atoms with Gasteiger partial charge in [-0.25, -0.2) is 0 Å². The van der Waals surface area contributed by atoms with Crippen LogP contribution in [0.5, 0.6) is 0 Å². The van der Waals surface area contributed by atoms with Crippen molar-refractivity contribution in [3.8, 4) is 0 Å². The minimum absolute atomic E-state index is 0.127. The molecule has 1 rings (SSSR count). The number of rotatable bonds is 6. The zero-order chi connectivity index (χ0) is 13.8. The molecule has 1 heterocycles. The third-order valence-corrected chi connectivity index (χ3v) is 3.10. The summed E-state index contributed by atoms with van der Waals surface area (Å²) in [4.78, 5) is 11.9. The largest absolute Gasteiger partial charge is 0.468 e. The Morgan fingerprint density at radius 2 is 2.33 bits per heavy atom. The van der Waals surface area contributed by atoms with E-state index in [0.29, 0.717) is 6.42 Å². The van der Waals surface area contributed by atoms with E-state index in [-0.39, 0.29) is 12.0 Å². The van der Waals surface area contributed by atoms with Gasteiger partial charge in [-0.3, -0.25) is 9.48 Å². The topological polar surface area (TPSA) is 56.2 Å². The number of aromatic nitrogens is 2. The molecule has 5 heteroatoms. The molecule has 0 aliphatic rings. The van der Waals surface area contributed by atoms with Crippen molar-refractivity contribution in [1.82, 2.24) is 15.1 Å². The van der Waals surface area contributed by atoms with Gasteiger partial charge in [-0.2, -0.15) is 5.10 Å². The van der Waals surface area contributed by atoms with Gasteiger partial charge in [0.15, 0.2) is 0 Å². The summed E-state index contributed by atoms with van der Waals surface area (Å²) in [6.45, 7) is 8.56. The maximum atomic E-state index is 11.9. The lowest BCUT2D eigenvalue weighted by atomic mass is 9.93. The normalized spacial score (nSPS) is 16.1. The maximum Gasteiger partial charge on any atom is 0.325 e. The number of carbonyl (C=O) groups is 1. The van der Waals surface area contributed by atoms with Crippen molar-refractivity contribution < 1.29 is 9.53 Å². The van der Waals surface area contributed by atoms with E-state index in [1.807, 2.05) is 44.6 Å². The van der Waals surface area contributed by atoms with Crippen molar-refractivity contribution in [2.75, 3.05) is 13.7 Å². The minimum atomic E-state index is -0.678. The van der Waals surface area contributed by atoms with Crippen molar-refractivity contribution in [1.29, 1.82) is 0 Å². The summed E-state index contributed by atoms with van der Waals surface area (Å²) in [6, 6.07) is 2.08. The average Bonchev–Trinajstić information content (AvgIpc) is 2.75. The Balaban J connectivity index is 2.80. The molecule has 0 fully saturated rings. The molecule has 0 aliphatic heterocycles. The molecule has 0 amide bonds. The van der Waals surface area contributed by atoms with E-state index in [1.54, 1.807) is 0 Å². The molecule has 5 nitrogen and oxygen atoms in total. The predicted molar refractivity (Wildman–Crippen MR) is 70.4 cm³/mol. The molecule has 102 valence electrons. The van der Waals surface area contributed by atoms with Gasteiger partial charge in [-0.05, 0) is 39.8 Å². The fourth-order valence-corrected chi connectivity index (χ4v) is 2.21. The average molecular weight is 253 g/mol. The molecule has 1 aromatic heterocycles.